The van der Waals surface area contributed by atoms with Crippen molar-refractivity contribution in [2.24, 2.45) is 4.99 Å². The number of aliphatic imine (C=N–C) groups is 1. The molecule has 2 heterocycles. The molecule has 2 aliphatic heterocycles. The average molecular weight is 346 g/mol. The lowest BCUT2D eigenvalue weighted by molar-refractivity contribution is -0.113. The third-order valence-corrected chi connectivity index (χ3v) is 4.90. The third kappa shape index (κ3) is 4.19. The van der Waals surface area contributed by atoms with Gasteiger partial charge in [0, 0.05) is 18.7 Å². The Morgan fingerprint density at radius 2 is 2.12 bits per heavy atom. The summed E-state index contributed by atoms with van der Waals surface area (Å²) in [6, 6.07) is 7.81. The van der Waals surface area contributed by atoms with Crippen molar-refractivity contribution < 1.29 is 14.3 Å². The number of nitrogens with zero attached hydrogens (tertiary/aromatic N) is 2. The van der Waals surface area contributed by atoms with Crippen LogP contribution >= 0.6 is 11.8 Å². The van der Waals surface area contributed by atoms with E-state index in [0.717, 1.165) is 42.4 Å². The monoisotopic (exact) mass is 346 g/mol. The fourth-order valence-corrected chi connectivity index (χ4v) is 3.44. The minimum atomic E-state index is -0.176. The van der Waals surface area contributed by atoms with Crippen molar-refractivity contribution in [1.82, 2.24) is 4.90 Å². The lowest BCUT2D eigenvalue weighted by Gasteiger charge is -2.27. The Balaban J connectivity index is 1.72. The van der Waals surface area contributed by atoms with Crippen LogP contribution in [0.15, 0.2) is 34.2 Å². The minimum Gasteiger partial charge on any atom is -0.493 e. The molecule has 3 rings (SSSR count). The van der Waals surface area contributed by atoms with Crippen LogP contribution in [0.4, 0.5) is 0 Å². The smallest absolute Gasteiger partial charge is 0.286 e. The maximum absolute atomic E-state index is 12.2. The number of thioether (sulfide) groups is 1. The van der Waals surface area contributed by atoms with Crippen molar-refractivity contribution in [1.29, 1.82) is 0 Å². The molecule has 1 saturated heterocycles. The Labute approximate surface area is 146 Å². The second-order valence-electron chi connectivity index (χ2n) is 5.65. The van der Waals surface area contributed by atoms with Gasteiger partial charge in [-0.3, -0.25) is 4.79 Å². The van der Waals surface area contributed by atoms with E-state index >= 15 is 0 Å². The number of morpholine rings is 1. The Morgan fingerprint density at radius 3 is 2.92 bits per heavy atom. The van der Waals surface area contributed by atoms with Gasteiger partial charge in [0.15, 0.2) is 5.17 Å². The molecule has 24 heavy (non-hydrogen) atoms. The first-order chi connectivity index (χ1) is 11.8. The van der Waals surface area contributed by atoms with Gasteiger partial charge in [-0.2, -0.15) is 4.99 Å². The Bertz CT molecular complexity index is 651. The quantitative estimate of drug-likeness (QED) is 0.605. The fourth-order valence-electron chi connectivity index (χ4n) is 2.49. The molecule has 1 fully saturated rings. The van der Waals surface area contributed by atoms with Gasteiger partial charge < -0.3 is 14.4 Å². The van der Waals surface area contributed by atoms with Crippen molar-refractivity contribution in [3.63, 3.8) is 0 Å². The van der Waals surface area contributed by atoms with Gasteiger partial charge in [-0.05, 0) is 30.3 Å². The first kappa shape index (κ1) is 17.0. The summed E-state index contributed by atoms with van der Waals surface area (Å²) < 4.78 is 11.2. The van der Waals surface area contributed by atoms with Gasteiger partial charge in [0.1, 0.15) is 5.75 Å². The lowest BCUT2D eigenvalue weighted by Crippen LogP contribution is -2.38. The normalized spacial score (nSPS) is 19.7. The highest BCUT2D eigenvalue weighted by molar-refractivity contribution is 8.18. The topological polar surface area (TPSA) is 51.1 Å². The Hall–Kier alpha value is -1.79. The summed E-state index contributed by atoms with van der Waals surface area (Å²) in [7, 11) is 0. The van der Waals surface area contributed by atoms with Crippen molar-refractivity contribution >= 4 is 28.9 Å². The van der Waals surface area contributed by atoms with Crippen LogP contribution in [0.2, 0.25) is 0 Å². The van der Waals surface area contributed by atoms with Crippen LogP contribution in [0.25, 0.3) is 6.08 Å². The van der Waals surface area contributed by atoms with Gasteiger partial charge in [0.25, 0.3) is 5.91 Å². The molecule has 6 heteroatoms. The Morgan fingerprint density at radius 1 is 1.33 bits per heavy atom. The molecule has 5 nitrogen and oxygen atoms in total. The summed E-state index contributed by atoms with van der Waals surface area (Å²) in [4.78, 5) is 19.2. The number of hydrogen-bond acceptors (Lipinski definition) is 5. The molecule has 0 saturated carbocycles. The van der Waals surface area contributed by atoms with Crippen LogP contribution in [0, 0.1) is 0 Å². The Kier molecular flexibility index (Phi) is 5.93. The van der Waals surface area contributed by atoms with Crippen molar-refractivity contribution in [2.45, 2.75) is 19.8 Å². The summed E-state index contributed by atoms with van der Waals surface area (Å²) in [6.07, 6.45) is 3.99. The van der Waals surface area contributed by atoms with E-state index < -0.39 is 0 Å². The number of amidine groups is 1. The number of benzene rings is 1. The molecule has 0 unspecified atom stereocenters. The molecule has 0 N–H and O–H groups in total. The van der Waals surface area contributed by atoms with Gasteiger partial charge in [-0.1, -0.05) is 31.5 Å². The van der Waals surface area contributed by atoms with E-state index in [1.165, 1.54) is 11.8 Å². The minimum absolute atomic E-state index is 0.176. The zero-order valence-corrected chi connectivity index (χ0v) is 14.7. The molecule has 128 valence electrons. The molecule has 0 radical (unpaired) electrons. The molecule has 2 aliphatic rings. The van der Waals surface area contributed by atoms with Crippen LogP contribution in [-0.2, 0) is 9.53 Å². The van der Waals surface area contributed by atoms with Gasteiger partial charge >= 0.3 is 0 Å². The van der Waals surface area contributed by atoms with E-state index in [0.29, 0.717) is 24.7 Å². The van der Waals surface area contributed by atoms with E-state index in [1.54, 1.807) is 0 Å². The molecule has 1 amide bonds. The second-order valence-corrected chi connectivity index (χ2v) is 6.66. The number of carbonyl (C=O) groups is 1. The third-order valence-electron chi connectivity index (χ3n) is 3.85. The molecule has 1 aromatic rings. The molecule has 1 aromatic carbocycles. The second kappa shape index (κ2) is 8.35. The number of ether oxygens (including phenoxy) is 2. The first-order valence-corrected chi connectivity index (χ1v) is 9.16. The van der Waals surface area contributed by atoms with E-state index in [2.05, 4.69) is 16.8 Å². The van der Waals surface area contributed by atoms with Crippen LogP contribution in [-0.4, -0.2) is 48.9 Å². The summed E-state index contributed by atoms with van der Waals surface area (Å²) in [5, 5.41) is 0.777. The number of amides is 1. The zero-order chi connectivity index (χ0) is 16.8. The summed E-state index contributed by atoms with van der Waals surface area (Å²) in [6.45, 7) is 5.75. The summed E-state index contributed by atoms with van der Waals surface area (Å²) in [5.41, 5.74) is 0.919. The molecule has 0 atom stereocenters. The molecule has 0 spiro atoms. The van der Waals surface area contributed by atoms with Crippen molar-refractivity contribution in [3.8, 4) is 5.75 Å². The highest BCUT2D eigenvalue weighted by Gasteiger charge is 2.27. The average Bonchev–Trinajstić information content (AvgIpc) is 2.98. The molecular formula is C18H22N2O3S. The molecule has 0 aromatic heterocycles. The molecular weight excluding hydrogens is 324 g/mol. The van der Waals surface area contributed by atoms with E-state index in [9.17, 15) is 4.79 Å². The van der Waals surface area contributed by atoms with Gasteiger partial charge in [0.05, 0.1) is 24.7 Å². The zero-order valence-electron chi connectivity index (χ0n) is 13.9. The maximum atomic E-state index is 12.2. The van der Waals surface area contributed by atoms with Gasteiger partial charge in [-0.15, -0.1) is 0 Å². The summed E-state index contributed by atoms with van der Waals surface area (Å²) >= 11 is 1.43. The number of hydrogen-bond donors (Lipinski definition) is 0. The molecule has 0 bridgehead atoms. The highest BCUT2D eigenvalue weighted by Crippen LogP contribution is 2.32. The van der Waals surface area contributed by atoms with E-state index in [1.807, 2.05) is 30.3 Å². The van der Waals surface area contributed by atoms with Crippen LogP contribution in [0.5, 0.6) is 5.75 Å². The SMILES string of the molecule is CCCCOc1ccccc1/C=C1\SC(N2CCOCC2)=NC1=O. The van der Waals surface area contributed by atoms with Crippen LogP contribution < -0.4 is 4.74 Å². The fraction of sp³-hybridized carbons (Fsp3) is 0.444. The number of carbonyl (C=O) groups excluding carboxylic acids is 1. The maximum Gasteiger partial charge on any atom is 0.286 e. The number of rotatable bonds is 5. The predicted molar refractivity (Wildman–Crippen MR) is 97.2 cm³/mol. The van der Waals surface area contributed by atoms with E-state index in [4.69, 9.17) is 9.47 Å². The largest absolute Gasteiger partial charge is 0.493 e. The molecule has 0 aliphatic carbocycles. The predicted octanol–water partition coefficient (Wildman–Crippen LogP) is 3.17. The van der Waals surface area contributed by atoms with Gasteiger partial charge in [-0.25, -0.2) is 0 Å². The van der Waals surface area contributed by atoms with E-state index in [-0.39, 0.29) is 5.91 Å². The van der Waals surface area contributed by atoms with Gasteiger partial charge in [0.2, 0.25) is 0 Å². The van der Waals surface area contributed by atoms with Crippen molar-refractivity contribution in [3.05, 3.63) is 34.7 Å². The standard InChI is InChI=1S/C18H22N2O3S/c1-2-3-10-23-15-7-5-4-6-14(15)13-16-17(21)19-18(24-16)20-8-11-22-12-9-20/h4-7,13H,2-3,8-12H2,1H3/b16-13-. The highest BCUT2D eigenvalue weighted by atomic mass is 32.2. The number of para-hydroxylation sites is 1. The number of unbranched alkanes of at least 4 members (excludes halogenated alkanes) is 1. The van der Waals surface area contributed by atoms with Crippen molar-refractivity contribution in [2.75, 3.05) is 32.9 Å². The van der Waals surface area contributed by atoms with Crippen LogP contribution in [0.3, 0.4) is 0 Å². The first-order valence-electron chi connectivity index (χ1n) is 8.35. The lowest BCUT2D eigenvalue weighted by atomic mass is 10.2. The van der Waals surface area contributed by atoms with Crippen LogP contribution in [0.1, 0.15) is 25.3 Å². The summed E-state index contributed by atoms with van der Waals surface area (Å²) in [5.74, 6) is 0.636.